The van der Waals surface area contributed by atoms with Crippen LogP contribution in [0.5, 0.6) is 0 Å². The smallest absolute Gasteiger partial charge is 0.309 e. The molecule has 0 unspecified atom stereocenters. The first kappa shape index (κ1) is 10.5. The van der Waals surface area contributed by atoms with Gasteiger partial charge in [0.25, 0.3) is 0 Å². The van der Waals surface area contributed by atoms with Crippen molar-refractivity contribution < 1.29 is 9.90 Å². The number of carboxylic acid groups (broad SMARTS) is 1. The Morgan fingerprint density at radius 3 is 2.67 bits per heavy atom. The number of carboxylic acids is 1. The van der Waals surface area contributed by atoms with Crippen molar-refractivity contribution in [3.63, 3.8) is 0 Å². The largest absolute Gasteiger partial charge is 0.481 e. The van der Waals surface area contributed by atoms with Gasteiger partial charge >= 0.3 is 5.97 Å². The van der Waals surface area contributed by atoms with Crippen LogP contribution in [-0.4, -0.2) is 11.1 Å². The Morgan fingerprint density at radius 2 is 2.20 bits per heavy atom. The minimum atomic E-state index is -0.693. The average Bonchev–Trinajstić information content (AvgIpc) is 2.93. The van der Waals surface area contributed by atoms with Gasteiger partial charge in [0.05, 0.1) is 5.41 Å². The molecule has 0 heterocycles. The summed E-state index contributed by atoms with van der Waals surface area (Å²) in [6.45, 7) is 1.97. The van der Waals surface area contributed by atoms with Crippen molar-refractivity contribution in [2.45, 2.75) is 26.2 Å². The molecule has 0 aromatic heterocycles. The summed E-state index contributed by atoms with van der Waals surface area (Å²) in [5.74, 6) is -0.693. The normalized spacial score (nSPS) is 17.5. The van der Waals surface area contributed by atoms with Gasteiger partial charge in [-0.1, -0.05) is 23.7 Å². The highest BCUT2D eigenvalue weighted by Crippen LogP contribution is 2.49. The molecule has 1 aromatic rings. The molecule has 1 saturated carbocycles. The zero-order chi connectivity index (χ0) is 11.1. The van der Waals surface area contributed by atoms with Crippen LogP contribution in [0.4, 0.5) is 0 Å². The van der Waals surface area contributed by atoms with Crippen molar-refractivity contribution >= 4 is 17.6 Å². The number of benzene rings is 1. The van der Waals surface area contributed by atoms with Gasteiger partial charge in [0.1, 0.15) is 0 Å². The van der Waals surface area contributed by atoms with Crippen LogP contribution in [0.3, 0.4) is 0 Å². The summed E-state index contributed by atoms with van der Waals surface area (Å²) < 4.78 is 0. The molecule has 0 radical (unpaired) electrons. The van der Waals surface area contributed by atoms with E-state index in [1.165, 1.54) is 0 Å². The van der Waals surface area contributed by atoms with Gasteiger partial charge in [-0.15, -0.1) is 0 Å². The van der Waals surface area contributed by atoms with E-state index >= 15 is 0 Å². The lowest BCUT2D eigenvalue weighted by Gasteiger charge is -2.13. The fourth-order valence-electron chi connectivity index (χ4n) is 1.85. The molecule has 0 atom stereocenters. The summed E-state index contributed by atoms with van der Waals surface area (Å²) in [6, 6.07) is 5.68. The van der Waals surface area contributed by atoms with E-state index in [9.17, 15) is 4.79 Å². The maximum atomic E-state index is 11.1. The molecule has 80 valence electrons. The molecule has 2 rings (SSSR count). The van der Waals surface area contributed by atoms with Crippen LogP contribution < -0.4 is 0 Å². The second-order valence-corrected chi connectivity index (χ2v) is 4.70. The molecular formula is C12H13ClO2. The van der Waals surface area contributed by atoms with E-state index in [1.54, 1.807) is 0 Å². The van der Waals surface area contributed by atoms with Crippen molar-refractivity contribution in [1.29, 1.82) is 0 Å². The highest BCUT2D eigenvalue weighted by molar-refractivity contribution is 6.31. The lowest BCUT2D eigenvalue weighted by Crippen LogP contribution is -2.18. The molecule has 2 nitrogen and oxygen atoms in total. The predicted octanol–water partition coefficient (Wildman–Crippen LogP) is 3.06. The molecule has 3 heteroatoms. The number of rotatable bonds is 3. The number of aliphatic carboxylic acids is 1. The molecule has 1 N–H and O–H groups in total. The molecule has 0 aliphatic heterocycles. The lowest BCUT2D eigenvalue weighted by atomic mass is 9.94. The van der Waals surface area contributed by atoms with Gasteiger partial charge < -0.3 is 5.11 Å². The predicted molar refractivity (Wildman–Crippen MR) is 59.2 cm³/mol. The number of aryl methyl sites for hydroxylation is 1. The maximum Gasteiger partial charge on any atom is 0.309 e. The van der Waals surface area contributed by atoms with E-state index in [2.05, 4.69) is 0 Å². The summed E-state index contributed by atoms with van der Waals surface area (Å²) >= 11 is 6.08. The molecule has 1 aromatic carbocycles. The Bertz CT molecular complexity index is 388. The van der Waals surface area contributed by atoms with Crippen molar-refractivity contribution in [2.75, 3.05) is 0 Å². The third-order valence-corrected chi connectivity index (χ3v) is 3.53. The minimum Gasteiger partial charge on any atom is -0.481 e. The van der Waals surface area contributed by atoms with Crippen molar-refractivity contribution in [3.05, 3.63) is 34.3 Å². The molecule has 1 fully saturated rings. The van der Waals surface area contributed by atoms with Gasteiger partial charge in [-0.3, -0.25) is 4.79 Å². The highest BCUT2D eigenvalue weighted by atomic mass is 35.5. The monoisotopic (exact) mass is 224 g/mol. The molecule has 1 aliphatic rings. The average molecular weight is 225 g/mol. The number of halogens is 1. The van der Waals surface area contributed by atoms with Gasteiger partial charge in [-0.2, -0.15) is 0 Å². The third-order valence-electron chi connectivity index (χ3n) is 3.18. The highest BCUT2D eigenvalue weighted by Gasteiger charge is 2.50. The van der Waals surface area contributed by atoms with Crippen molar-refractivity contribution in [1.82, 2.24) is 0 Å². The maximum absolute atomic E-state index is 11.1. The quantitative estimate of drug-likeness (QED) is 0.857. The Kier molecular flexibility index (Phi) is 2.47. The minimum absolute atomic E-state index is 0.532. The second-order valence-electron chi connectivity index (χ2n) is 4.30. The second kappa shape index (κ2) is 3.53. The van der Waals surface area contributed by atoms with Crippen LogP contribution in [0.15, 0.2) is 18.2 Å². The van der Waals surface area contributed by atoms with Crippen LogP contribution in [0.25, 0.3) is 0 Å². The molecule has 0 saturated heterocycles. The molecule has 0 bridgehead atoms. The fourth-order valence-corrected chi connectivity index (χ4v) is 2.13. The summed E-state index contributed by atoms with van der Waals surface area (Å²) in [5, 5.41) is 9.79. The SMILES string of the molecule is Cc1cccc(Cl)c1CC1(C(=O)O)CC1. The van der Waals surface area contributed by atoms with E-state index in [1.807, 2.05) is 25.1 Å². The first-order valence-corrected chi connectivity index (χ1v) is 5.40. The summed E-state index contributed by atoms with van der Waals surface area (Å²) in [5.41, 5.74) is 1.53. The lowest BCUT2D eigenvalue weighted by molar-refractivity contribution is -0.143. The Labute approximate surface area is 93.9 Å². The van der Waals surface area contributed by atoms with Gasteiger partial charge in [-0.05, 0) is 43.4 Å². The van der Waals surface area contributed by atoms with E-state index in [-0.39, 0.29) is 0 Å². The summed E-state index contributed by atoms with van der Waals surface area (Å²) in [4.78, 5) is 11.1. The van der Waals surface area contributed by atoms with E-state index in [0.29, 0.717) is 11.4 Å². The van der Waals surface area contributed by atoms with Gasteiger partial charge in [0, 0.05) is 5.02 Å². The molecular weight excluding hydrogens is 212 g/mol. The number of hydrogen-bond donors (Lipinski definition) is 1. The Balaban J connectivity index is 2.29. The Morgan fingerprint density at radius 1 is 1.53 bits per heavy atom. The first-order valence-electron chi connectivity index (χ1n) is 5.02. The summed E-state index contributed by atoms with van der Waals surface area (Å²) in [6.07, 6.45) is 2.10. The third kappa shape index (κ3) is 1.86. The van der Waals surface area contributed by atoms with E-state index in [4.69, 9.17) is 16.7 Å². The fraction of sp³-hybridized carbons (Fsp3) is 0.417. The van der Waals surface area contributed by atoms with Crippen LogP contribution in [-0.2, 0) is 11.2 Å². The van der Waals surface area contributed by atoms with E-state index in [0.717, 1.165) is 24.0 Å². The van der Waals surface area contributed by atoms with Gasteiger partial charge in [-0.25, -0.2) is 0 Å². The topological polar surface area (TPSA) is 37.3 Å². The Hall–Kier alpha value is -1.02. The standard InChI is InChI=1S/C12H13ClO2/c1-8-3-2-4-10(13)9(8)7-12(5-6-12)11(14)15/h2-4H,5-7H2,1H3,(H,14,15). The van der Waals surface area contributed by atoms with Crippen LogP contribution in [0.1, 0.15) is 24.0 Å². The zero-order valence-corrected chi connectivity index (χ0v) is 9.34. The molecule has 15 heavy (non-hydrogen) atoms. The molecule has 1 aliphatic carbocycles. The van der Waals surface area contributed by atoms with Gasteiger partial charge in [0.15, 0.2) is 0 Å². The number of hydrogen-bond acceptors (Lipinski definition) is 1. The van der Waals surface area contributed by atoms with Crippen molar-refractivity contribution in [2.24, 2.45) is 5.41 Å². The number of carbonyl (C=O) groups is 1. The van der Waals surface area contributed by atoms with Crippen LogP contribution in [0.2, 0.25) is 5.02 Å². The van der Waals surface area contributed by atoms with Crippen molar-refractivity contribution in [3.8, 4) is 0 Å². The van der Waals surface area contributed by atoms with Crippen LogP contribution in [0, 0.1) is 12.3 Å². The molecule has 0 amide bonds. The molecule has 0 spiro atoms. The summed E-state index contributed by atoms with van der Waals surface area (Å²) in [7, 11) is 0. The van der Waals surface area contributed by atoms with Gasteiger partial charge in [0.2, 0.25) is 0 Å². The first-order chi connectivity index (χ1) is 7.05. The zero-order valence-electron chi connectivity index (χ0n) is 8.59. The van der Waals surface area contributed by atoms with Crippen LogP contribution >= 0.6 is 11.6 Å². The van der Waals surface area contributed by atoms with E-state index < -0.39 is 11.4 Å².